The topological polar surface area (TPSA) is 80.9 Å². The van der Waals surface area contributed by atoms with Crippen molar-refractivity contribution < 1.29 is 13.9 Å². The fraction of sp³-hybridized carbons (Fsp3) is 0.545. The van der Waals surface area contributed by atoms with E-state index >= 15 is 0 Å². The van der Waals surface area contributed by atoms with Crippen molar-refractivity contribution in [2.45, 2.75) is 58.6 Å². The smallest absolute Gasteiger partial charge is 0.213 e. The van der Waals surface area contributed by atoms with E-state index in [2.05, 4.69) is 61.3 Å². The molecule has 2 aromatic rings. The van der Waals surface area contributed by atoms with Crippen molar-refractivity contribution in [3.8, 4) is 11.5 Å². The van der Waals surface area contributed by atoms with E-state index in [1.165, 1.54) is 5.56 Å². The highest BCUT2D eigenvalue weighted by atomic mass is 127. The number of fused-ring (bicyclic) bond motifs is 1. The van der Waals surface area contributed by atoms with E-state index in [0.29, 0.717) is 31.5 Å². The van der Waals surface area contributed by atoms with Gasteiger partial charge in [-0.1, -0.05) is 32.9 Å². The second-order valence-electron chi connectivity index (χ2n) is 8.85. The summed E-state index contributed by atoms with van der Waals surface area (Å²) < 4.78 is 17.8. The molecule has 2 N–H and O–H groups in total. The zero-order chi connectivity index (χ0) is 21.1. The van der Waals surface area contributed by atoms with Gasteiger partial charge in [0.25, 0.3) is 0 Å². The maximum absolute atomic E-state index is 6.04. The highest BCUT2D eigenvalue weighted by Gasteiger charge is 2.32. The minimum absolute atomic E-state index is 0. The number of para-hydroxylation sites is 1. The number of nitrogens with one attached hydrogen (secondary N) is 2. The molecule has 30 heavy (non-hydrogen) atoms. The molecule has 0 bridgehead atoms. The number of aromatic nitrogens is 1. The molecule has 1 aromatic heterocycles. The van der Waals surface area contributed by atoms with Gasteiger partial charge in [0.05, 0.1) is 19.3 Å². The molecule has 1 aliphatic rings. The molecular weight excluding hydrogens is 495 g/mol. The van der Waals surface area contributed by atoms with E-state index in [0.717, 1.165) is 23.7 Å². The molecule has 0 radical (unpaired) electrons. The van der Waals surface area contributed by atoms with Gasteiger partial charge in [-0.3, -0.25) is 4.99 Å². The Morgan fingerprint density at radius 1 is 1.27 bits per heavy atom. The van der Waals surface area contributed by atoms with Crippen LogP contribution in [0.3, 0.4) is 0 Å². The number of hydrogen-bond acceptors (Lipinski definition) is 5. The summed E-state index contributed by atoms with van der Waals surface area (Å²) in [6.07, 6.45) is 2.68. The molecule has 0 spiro atoms. The van der Waals surface area contributed by atoms with E-state index in [4.69, 9.17) is 13.9 Å². The molecule has 8 heteroatoms. The van der Waals surface area contributed by atoms with Crippen LogP contribution >= 0.6 is 24.0 Å². The van der Waals surface area contributed by atoms with Crippen LogP contribution in [0.5, 0.6) is 11.5 Å². The summed E-state index contributed by atoms with van der Waals surface area (Å²) in [4.78, 5) is 8.54. The van der Waals surface area contributed by atoms with Gasteiger partial charge in [-0.2, -0.15) is 0 Å². The molecule has 0 atom stereocenters. The lowest BCUT2D eigenvalue weighted by Gasteiger charge is -2.18. The minimum atomic E-state index is -0.182. The van der Waals surface area contributed by atoms with Crippen LogP contribution in [-0.4, -0.2) is 36.7 Å². The minimum Gasteiger partial charge on any atom is -0.488 e. The predicted molar refractivity (Wildman–Crippen MR) is 129 cm³/mol. The van der Waals surface area contributed by atoms with Gasteiger partial charge in [0.2, 0.25) is 5.89 Å². The Labute approximate surface area is 196 Å². The second kappa shape index (κ2) is 9.89. The Balaban J connectivity index is 0.00000320. The monoisotopic (exact) mass is 528 g/mol. The molecule has 7 nitrogen and oxygen atoms in total. The first-order valence-corrected chi connectivity index (χ1v) is 10.0. The zero-order valence-electron chi connectivity index (χ0n) is 18.7. The average Bonchev–Trinajstić information content (AvgIpc) is 3.24. The Hall–Kier alpha value is -1.97. The van der Waals surface area contributed by atoms with Crippen molar-refractivity contribution >= 4 is 29.9 Å². The molecule has 3 rings (SSSR count). The third-order valence-electron chi connectivity index (χ3n) is 4.63. The van der Waals surface area contributed by atoms with Crippen molar-refractivity contribution in [2.24, 2.45) is 4.99 Å². The number of benzene rings is 1. The maximum Gasteiger partial charge on any atom is 0.213 e. The third-order valence-corrected chi connectivity index (χ3v) is 4.63. The van der Waals surface area contributed by atoms with Gasteiger partial charge in [-0.15, -0.1) is 24.0 Å². The van der Waals surface area contributed by atoms with E-state index in [-0.39, 0.29) is 35.0 Å². The van der Waals surface area contributed by atoms with E-state index < -0.39 is 0 Å². The van der Waals surface area contributed by atoms with Crippen LogP contribution < -0.4 is 20.1 Å². The zero-order valence-corrected chi connectivity index (χ0v) is 21.0. The molecule has 0 fully saturated rings. The number of halogens is 1. The van der Waals surface area contributed by atoms with Crippen molar-refractivity contribution in [1.29, 1.82) is 0 Å². The number of nitrogens with zero attached hydrogens (tertiary/aromatic N) is 2. The summed E-state index contributed by atoms with van der Waals surface area (Å²) in [5.41, 5.74) is 0.955. The Morgan fingerprint density at radius 3 is 2.70 bits per heavy atom. The molecule has 0 unspecified atom stereocenters. The average molecular weight is 528 g/mol. The van der Waals surface area contributed by atoms with Crippen molar-refractivity contribution in [1.82, 2.24) is 15.6 Å². The van der Waals surface area contributed by atoms with Crippen LogP contribution in [0.2, 0.25) is 0 Å². The molecule has 166 valence electrons. The number of aliphatic imine (C=N–C) groups is 1. The summed E-state index contributed by atoms with van der Waals surface area (Å²) in [6.45, 7) is 12.0. The number of oxazole rings is 1. The summed E-state index contributed by atoms with van der Waals surface area (Å²) in [6, 6.07) is 6.05. The van der Waals surface area contributed by atoms with Crippen LogP contribution in [-0.2, 0) is 18.4 Å². The molecule has 1 aromatic carbocycles. The largest absolute Gasteiger partial charge is 0.488 e. The fourth-order valence-electron chi connectivity index (χ4n) is 3.15. The van der Waals surface area contributed by atoms with Gasteiger partial charge < -0.3 is 24.5 Å². The van der Waals surface area contributed by atoms with Gasteiger partial charge >= 0.3 is 0 Å². The number of rotatable bonds is 6. The highest BCUT2D eigenvalue weighted by Crippen LogP contribution is 2.41. The Bertz CT molecular complexity index is 872. The Kier molecular flexibility index (Phi) is 8.01. The first-order valence-electron chi connectivity index (χ1n) is 10.0. The fourth-order valence-corrected chi connectivity index (χ4v) is 3.15. The van der Waals surface area contributed by atoms with Gasteiger partial charge in [0.1, 0.15) is 18.0 Å². The van der Waals surface area contributed by atoms with Crippen LogP contribution in [0.4, 0.5) is 0 Å². The summed E-state index contributed by atoms with van der Waals surface area (Å²) in [7, 11) is 1.73. The molecule has 0 saturated heterocycles. The molecule has 0 aliphatic carbocycles. The lowest BCUT2D eigenvalue weighted by atomic mass is 9.94. The lowest BCUT2D eigenvalue weighted by molar-refractivity contribution is 0.132. The van der Waals surface area contributed by atoms with E-state index in [9.17, 15) is 0 Å². The van der Waals surface area contributed by atoms with Crippen LogP contribution in [0, 0.1) is 0 Å². The van der Waals surface area contributed by atoms with E-state index in [1.54, 1.807) is 13.2 Å². The van der Waals surface area contributed by atoms with Crippen molar-refractivity contribution in [3.63, 3.8) is 0 Å². The quantitative estimate of drug-likeness (QED) is 0.255. The normalized spacial score (nSPS) is 15.1. The molecule has 0 saturated carbocycles. The summed E-state index contributed by atoms with van der Waals surface area (Å²) >= 11 is 0. The third kappa shape index (κ3) is 6.26. The van der Waals surface area contributed by atoms with Crippen molar-refractivity contribution in [3.05, 3.63) is 41.6 Å². The number of hydrogen-bond donors (Lipinski definition) is 2. The first kappa shape index (κ1) is 24.3. The lowest BCUT2D eigenvalue weighted by Crippen LogP contribution is -2.39. The number of guanidine groups is 1. The van der Waals surface area contributed by atoms with Crippen LogP contribution in [0.15, 0.2) is 33.8 Å². The Morgan fingerprint density at radius 2 is 2.03 bits per heavy atom. The molecule has 2 heterocycles. The molecule has 1 aliphatic heterocycles. The highest BCUT2D eigenvalue weighted by molar-refractivity contribution is 14.0. The second-order valence-corrected chi connectivity index (χ2v) is 8.85. The standard InChI is InChI=1S/C22H32N4O3.HI/c1-21(2,3)17-13-25-18(28-17)14-26-20(23-6)24-10-11-27-16-9-7-8-15-12-22(4,5)29-19(15)16;/h7-9,13H,10-12,14H2,1-6H3,(H2,23,24,26);1H. The van der Waals surface area contributed by atoms with Crippen LogP contribution in [0.25, 0.3) is 0 Å². The predicted octanol–water partition coefficient (Wildman–Crippen LogP) is 4.05. The summed E-state index contributed by atoms with van der Waals surface area (Å²) in [5.74, 6) is 3.81. The van der Waals surface area contributed by atoms with Crippen LogP contribution in [0.1, 0.15) is 51.8 Å². The maximum atomic E-state index is 6.04. The molecule has 0 amide bonds. The SMILES string of the molecule is CN=C(NCCOc1cccc2c1OC(C)(C)C2)NCc1ncc(C(C)(C)C)o1.I. The van der Waals surface area contributed by atoms with Gasteiger partial charge in [0, 0.05) is 24.4 Å². The van der Waals surface area contributed by atoms with Gasteiger partial charge in [0.15, 0.2) is 17.5 Å². The van der Waals surface area contributed by atoms with Gasteiger partial charge in [-0.05, 0) is 19.9 Å². The number of ether oxygens (including phenoxy) is 2. The van der Waals surface area contributed by atoms with E-state index in [1.807, 2.05) is 12.1 Å². The summed E-state index contributed by atoms with van der Waals surface area (Å²) in [5, 5.41) is 6.44. The van der Waals surface area contributed by atoms with Crippen molar-refractivity contribution in [2.75, 3.05) is 20.2 Å². The molecular formula is C22H33IN4O3. The first-order chi connectivity index (χ1) is 13.7. The van der Waals surface area contributed by atoms with Gasteiger partial charge in [-0.25, -0.2) is 4.98 Å².